The molecule has 90 valence electrons. The molecule has 17 heavy (non-hydrogen) atoms. The van der Waals surface area contributed by atoms with Crippen LogP contribution in [0.1, 0.15) is 17.4 Å². The van der Waals surface area contributed by atoms with Gasteiger partial charge in [-0.25, -0.2) is 13.4 Å². The van der Waals surface area contributed by atoms with Gasteiger partial charge in [0.2, 0.25) is 0 Å². The van der Waals surface area contributed by atoms with E-state index in [2.05, 4.69) is 9.97 Å². The van der Waals surface area contributed by atoms with Gasteiger partial charge >= 0.3 is 0 Å². The van der Waals surface area contributed by atoms with Crippen molar-refractivity contribution in [2.45, 2.75) is 10.9 Å². The molecule has 1 aromatic heterocycles. The zero-order valence-corrected chi connectivity index (χ0v) is 10.1. The Morgan fingerprint density at radius 1 is 1.29 bits per heavy atom. The molecule has 0 radical (unpaired) electrons. The average Bonchev–Trinajstić information content (AvgIpc) is 2.80. The molecule has 0 amide bonds. The predicted octanol–water partition coefficient (Wildman–Crippen LogP) is 0.861. The lowest BCUT2D eigenvalue weighted by Crippen LogP contribution is -2.13. The average molecular weight is 251 g/mol. The number of nitrogens with two attached hydrogens (primary N) is 1. The Bertz CT molecular complexity index is 588. The van der Waals surface area contributed by atoms with Gasteiger partial charge in [-0.15, -0.1) is 0 Å². The molecule has 1 heterocycles. The van der Waals surface area contributed by atoms with Crippen LogP contribution < -0.4 is 5.73 Å². The molecule has 0 saturated heterocycles. The standard InChI is InChI=1S/C11H13N3O2S/c1-17(15,16)9-4-2-8(3-5-9)10(12)11-13-6-7-14-11/h2-7,10H,12H2,1H3,(H,13,14). The number of nitrogens with one attached hydrogen (secondary N) is 1. The van der Waals surface area contributed by atoms with Crippen LogP contribution in [-0.2, 0) is 9.84 Å². The van der Waals surface area contributed by atoms with E-state index in [1.54, 1.807) is 36.7 Å². The van der Waals surface area contributed by atoms with Crippen LogP contribution in [0.4, 0.5) is 0 Å². The Morgan fingerprint density at radius 3 is 2.41 bits per heavy atom. The van der Waals surface area contributed by atoms with Gasteiger partial charge in [0.25, 0.3) is 0 Å². The topological polar surface area (TPSA) is 88.8 Å². The first-order chi connectivity index (χ1) is 7.98. The van der Waals surface area contributed by atoms with Crippen molar-refractivity contribution in [2.24, 2.45) is 5.73 Å². The molecule has 0 fully saturated rings. The number of nitrogens with zero attached hydrogens (tertiary/aromatic N) is 1. The van der Waals surface area contributed by atoms with E-state index in [4.69, 9.17) is 5.73 Å². The van der Waals surface area contributed by atoms with E-state index in [1.165, 1.54) is 6.26 Å². The molecule has 0 spiro atoms. The first-order valence-electron chi connectivity index (χ1n) is 5.03. The van der Waals surface area contributed by atoms with Crippen LogP contribution in [0.2, 0.25) is 0 Å². The van der Waals surface area contributed by atoms with Crippen molar-refractivity contribution in [1.82, 2.24) is 9.97 Å². The molecule has 2 aromatic rings. The minimum Gasteiger partial charge on any atom is -0.347 e. The molecule has 1 atom stereocenters. The zero-order valence-electron chi connectivity index (χ0n) is 9.29. The highest BCUT2D eigenvalue weighted by molar-refractivity contribution is 7.90. The number of imidazole rings is 1. The third kappa shape index (κ3) is 2.54. The smallest absolute Gasteiger partial charge is 0.175 e. The van der Waals surface area contributed by atoms with Crippen LogP contribution in [0.5, 0.6) is 0 Å². The molecule has 2 rings (SSSR count). The summed E-state index contributed by atoms with van der Waals surface area (Å²) in [5.74, 6) is 0.650. The molecule has 0 aliphatic carbocycles. The summed E-state index contributed by atoms with van der Waals surface area (Å²) in [6.45, 7) is 0. The van der Waals surface area contributed by atoms with E-state index in [9.17, 15) is 8.42 Å². The Balaban J connectivity index is 2.30. The normalized spacial score (nSPS) is 13.5. The maximum atomic E-state index is 11.3. The summed E-state index contributed by atoms with van der Waals surface area (Å²) in [6.07, 6.45) is 4.49. The molecular weight excluding hydrogens is 238 g/mol. The molecule has 0 aliphatic rings. The van der Waals surface area contributed by atoms with E-state index in [1.807, 2.05) is 0 Å². The van der Waals surface area contributed by atoms with Crippen LogP contribution in [0, 0.1) is 0 Å². The third-order valence-corrected chi connectivity index (χ3v) is 3.61. The van der Waals surface area contributed by atoms with Crippen LogP contribution in [0.3, 0.4) is 0 Å². The quantitative estimate of drug-likeness (QED) is 0.846. The highest BCUT2D eigenvalue weighted by atomic mass is 32.2. The van der Waals surface area contributed by atoms with Crippen LogP contribution >= 0.6 is 0 Å². The van der Waals surface area contributed by atoms with Gasteiger partial charge in [0.1, 0.15) is 5.82 Å². The van der Waals surface area contributed by atoms with Crippen molar-refractivity contribution in [3.05, 3.63) is 48.0 Å². The zero-order chi connectivity index (χ0) is 12.5. The second kappa shape index (κ2) is 4.31. The van der Waals surface area contributed by atoms with Crippen molar-refractivity contribution in [3.8, 4) is 0 Å². The van der Waals surface area contributed by atoms with E-state index < -0.39 is 9.84 Å². The minimum absolute atomic E-state index is 0.285. The maximum absolute atomic E-state index is 11.3. The predicted molar refractivity (Wildman–Crippen MR) is 64.2 cm³/mol. The summed E-state index contributed by atoms with van der Waals surface area (Å²) < 4.78 is 22.6. The van der Waals surface area contributed by atoms with Crippen molar-refractivity contribution in [2.75, 3.05) is 6.26 Å². The summed E-state index contributed by atoms with van der Waals surface area (Å²) in [4.78, 5) is 7.28. The summed E-state index contributed by atoms with van der Waals surface area (Å²) in [7, 11) is -3.16. The van der Waals surface area contributed by atoms with E-state index in [0.29, 0.717) is 5.82 Å². The number of rotatable bonds is 3. The van der Waals surface area contributed by atoms with Gasteiger partial charge in [0.15, 0.2) is 9.84 Å². The van der Waals surface area contributed by atoms with Crippen molar-refractivity contribution in [3.63, 3.8) is 0 Å². The monoisotopic (exact) mass is 251 g/mol. The molecule has 0 saturated carbocycles. The van der Waals surface area contributed by atoms with Crippen molar-refractivity contribution < 1.29 is 8.42 Å². The molecule has 1 unspecified atom stereocenters. The summed E-state index contributed by atoms with van der Waals surface area (Å²) >= 11 is 0. The number of sulfone groups is 1. The summed E-state index contributed by atoms with van der Waals surface area (Å²) in [6, 6.07) is 6.12. The van der Waals surface area contributed by atoms with Gasteiger partial charge in [-0.2, -0.15) is 0 Å². The molecule has 3 N–H and O–H groups in total. The van der Waals surface area contributed by atoms with Crippen molar-refractivity contribution in [1.29, 1.82) is 0 Å². The number of aromatic amines is 1. The van der Waals surface area contributed by atoms with Gasteiger partial charge in [0, 0.05) is 18.6 Å². The summed E-state index contributed by atoms with van der Waals surface area (Å²) in [5.41, 5.74) is 6.79. The van der Waals surface area contributed by atoms with Gasteiger partial charge in [-0.05, 0) is 17.7 Å². The lowest BCUT2D eigenvalue weighted by Gasteiger charge is -2.09. The number of H-pyrrole nitrogens is 1. The maximum Gasteiger partial charge on any atom is 0.175 e. The van der Waals surface area contributed by atoms with Gasteiger partial charge < -0.3 is 10.7 Å². The Hall–Kier alpha value is -1.66. The number of aromatic nitrogens is 2. The number of hydrogen-bond donors (Lipinski definition) is 2. The molecule has 6 heteroatoms. The lowest BCUT2D eigenvalue weighted by atomic mass is 10.1. The Kier molecular flexibility index (Phi) is 2.99. The highest BCUT2D eigenvalue weighted by Gasteiger charge is 2.12. The van der Waals surface area contributed by atoms with Gasteiger partial charge in [-0.3, -0.25) is 0 Å². The number of benzene rings is 1. The molecule has 1 aromatic carbocycles. The van der Waals surface area contributed by atoms with Crippen LogP contribution in [0.25, 0.3) is 0 Å². The SMILES string of the molecule is CS(=O)(=O)c1ccc(C(N)c2ncc[nH]2)cc1. The van der Waals surface area contributed by atoms with Crippen molar-refractivity contribution >= 4 is 9.84 Å². The third-order valence-electron chi connectivity index (χ3n) is 2.48. The molecule has 0 aliphatic heterocycles. The van der Waals surface area contributed by atoms with Gasteiger partial charge in [0.05, 0.1) is 10.9 Å². The molecular formula is C11H13N3O2S. The minimum atomic E-state index is -3.16. The van der Waals surface area contributed by atoms with Gasteiger partial charge in [-0.1, -0.05) is 12.1 Å². The fourth-order valence-electron chi connectivity index (χ4n) is 1.53. The second-order valence-electron chi connectivity index (χ2n) is 3.79. The van der Waals surface area contributed by atoms with Crippen LogP contribution in [0.15, 0.2) is 41.6 Å². The Morgan fingerprint density at radius 2 is 1.94 bits per heavy atom. The largest absolute Gasteiger partial charge is 0.347 e. The van der Waals surface area contributed by atoms with E-state index in [0.717, 1.165) is 5.56 Å². The fourth-order valence-corrected chi connectivity index (χ4v) is 2.16. The highest BCUT2D eigenvalue weighted by Crippen LogP contribution is 2.18. The summed E-state index contributed by atoms with van der Waals surface area (Å²) in [5, 5.41) is 0. The number of hydrogen-bond acceptors (Lipinski definition) is 4. The molecule has 5 nitrogen and oxygen atoms in total. The first kappa shape index (κ1) is 11.8. The lowest BCUT2D eigenvalue weighted by molar-refractivity contribution is 0.602. The van der Waals surface area contributed by atoms with E-state index in [-0.39, 0.29) is 10.9 Å². The first-order valence-corrected chi connectivity index (χ1v) is 6.92. The van der Waals surface area contributed by atoms with Crippen LogP contribution in [-0.4, -0.2) is 24.6 Å². The fraction of sp³-hybridized carbons (Fsp3) is 0.182. The molecule has 0 bridgehead atoms. The second-order valence-corrected chi connectivity index (χ2v) is 5.81. The van der Waals surface area contributed by atoms with E-state index >= 15 is 0 Å². The Labute approximate surface area is 99.6 Å².